The SMILES string of the molecule is CSCOc1cc[c]cc1. The van der Waals surface area contributed by atoms with Crippen LogP contribution in [0.5, 0.6) is 5.75 Å². The van der Waals surface area contributed by atoms with Crippen molar-refractivity contribution in [1.82, 2.24) is 0 Å². The van der Waals surface area contributed by atoms with Crippen molar-refractivity contribution in [2.45, 2.75) is 0 Å². The van der Waals surface area contributed by atoms with Gasteiger partial charge < -0.3 is 4.74 Å². The predicted octanol–water partition coefficient (Wildman–Crippen LogP) is 2.19. The summed E-state index contributed by atoms with van der Waals surface area (Å²) in [6.45, 7) is 0. The third kappa shape index (κ3) is 2.31. The largest absolute Gasteiger partial charge is 0.483 e. The van der Waals surface area contributed by atoms with E-state index in [2.05, 4.69) is 6.07 Å². The third-order valence-electron chi connectivity index (χ3n) is 1.03. The summed E-state index contributed by atoms with van der Waals surface area (Å²) >= 11 is 1.66. The van der Waals surface area contributed by atoms with Gasteiger partial charge in [0, 0.05) is 0 Å². The Morgan fingerprint density at radius 1 is 1.50 bits per heavy atom. The molecule has 1 aromatic carbocycles. The van der Waals surface area contributed by atoms with E-state index >= 15 is 0 Å². The highest BCUT2D eigenvalue weighted by atomic mass is 32.2. The van der Waals surface area contributed by atoms with Crippen LogP contribution in [0.4, 0.5) is 0 Å². The van der Waals surface area contributed by atoms with Crippen LogP contribution in [0, 0.1) is 6.07 Å². The molecular weight excluding hydrogens is 144 g/mol. The van der Waals surface area contributed by atoms with Crippen molar-refractivity contribution >= 4 is 11.8 Å². The van der Waals surface area contributed by atoms with E-state index in [9.17, 15) is 0 Å². The first-order valence-electron chi connectivity index (χ1n) is 3.01. The fourth-order valence-corrected chi connectivity index (χ4v) is 0.849. The lowest BCUT2D eigenvalue weighted by Crippen LogP contribution is -1.89. The number of rotatable bonds is 3. The Morgan fingerprint density at radius 3 is 2.80 bits per heavy atom. The van der Waals surface area contributed by atoms with Gasteiger partial charge in [-0.15, -0.1) is 11.8 Å². The van der Waals surface area contributed by atoms with Crippen LogP contribution in [-0.4, -0.2) is 12.2 Å². The fraction of sp³-hybridized carbons (Fsp3) is 0.250. The van der Waals surface area contributed by atoms with Gasteiger partial charge in [-0.05, 0) is 24.5 Å². The predicted molar refractivity (Wildman–Crippen MR) is 44.3 cm³/mol. The first-order chi connectivity index (χ1) is 4.93. The molecule has 0 heterocycles. The Morgan fingerprint density at radius 2 is 2.20 bits per heavy atom. The molecule has 53 valence electrons. The van der Waals surface area contributed by atoms with Crippen molar-refractivity contribution in [2.75, 3.05) is 12.2 Å². The van der Waals surface area contributed by atoms with E-state index in [1.54, 1.807) is 11.8 Å². The zero-order valence-corrected chi connectivity index (χ0v) is 6.65. The van der Waals surface area contributed by atoms with Crippen molar-refractivity contribution < 1.29 is 4.74 Å². The second-order valence-corrected chi connectivity index (χ2v) is 2.60. The molecule has 1 nitrogen and oxygen atoms in total. The standard InChI is InChI=1S/C8H9OS/c1-10-7-9-8-5-3-2-4-6-8/h3-6H,7H2,1H3. The lowest BCUT2D eigenvalue weighted by molar-refractivity contribution is 0.393. The van der Waals surface area contributed by atoms with Crippen LogP contribution in [0.15, 0.2) is 24.3 Å². The summed E-state index contributed by atoms with van der Waals surface area (Å²) in [5.74, 6) is 1.62. The highest BCUT2D eigenvalue weighted by Crippen LogP contribution is 2.09. The molecule has 0 saturated carbocycles. The van der Waals surface area contributed by atoms with Crippen LogP contribution in [0.1, 0.15) is 0 Å². The van der Waals surface area contributed by atoms with Crippen LogP contribution < -0.4 is 4.74 Å². The van der Waals surface area contributed by atoms with Crippen molar-refractivity contribution in [3.8, 4) is 5.75 Å². The molecule has 0 spiro atoms. The zero-order valence-electron chi connectivity index (χ0n) is 5.83. The first-order valence-corrected chi connectivity index (χ1v) is 4.40. The molecule has 0 bridgehead atoms. The number of ether oxygens (including phenoxy) is 1. The number of thioether (sulfide) groups is 1. The molecule has 0 saturated heterocycles. The van der Waals surface area contributed by atoms with Crippen molar-refractivity contribution in [2.24, 2.45) is 0 Å². The average Bonchev–Trinajstić information content (AvgIpc) is 2.03. The van der Waals surface area contributed by atoms with Gasteiger partial charge in [-0.25, -0.2) is 0 Å². The molecule has 0 aliphatic carbocycles. The summed E-state index contributed by atoms with van der Waals surface area (Å²) in [6, 6.07) is 10.4. The van der Waals surface area contributed by atoms with Crippen molar-refractivity contribution in [3.05, 3.63) is 30.3 Å². The Kier molecular flexibility index (Phi) is 3.16. The molecule has 0 fully saturated rings. The van der Waals surface area contributed by atoms with E-state index < -0.39 is 0 Å². The van der Waals surface area contributed by atoms with Crippen LogP contribution >= 0.6 is 11.8 Å². The van der Waals surface area contributed by atoms with Crippen LogP contribution in [-0.2, 0) is 0 Å². The Hall–Kier alpha value is -0.630. The molecule has 2 heteroatoms. The van der Waals surface area contributed by atoms with E-state index in [1.807, 2.05) is 30.5 Å². The minimum atomic E-state index is 0.712. The molecule has 1 rings (SSSR count). The summed E-state index contributed by atoms with van der Waals surface area (Å²) in [6.07, 6.45) is 2.01. The summed E-state index contributed by atoms with van der Waals surface area (Å²) in [5, 5.41) is 0. The molecule has 0 amide bonds. The van der Waals surface area contributed by atoms with E-state index in [1.165, 1.54) is 0 Å². The van der Waals surface area contributed by atoms with Gasteiger partial charge in [0.05, 0.1) is 0 Å². The second kappa shape index (κ2) is 4.23. The van der Waals surface area contributed by atoms with Gasteiger partial charge in [0.1, 0.15) is 11.7 Å². The van der Waals surface area contributed by atoms with Gasteiger partial charge in [-0.1, -0.05) is 12.1 Å². The molecule has 0 unspecified atom stereocenters. The number of benzene rings is 1. The van der Waals surface area contributed by atoms with E-state index in [0.29, 0.717) is 5.94 Å². The van der Waals surface area contributed by atoms with Crippen LogP contribution in [0.2, 0.25) is 0 Å². The molecule has 1 radical (unpaired) electrons. The molecule has 0 aliphatic rings. The molecule has 0 N–H and O–H groups in total. The molecule has 0 aromatic heterocycles. The summed E-state index contributed by atoms with van der Waals surface area (Å²) < 4.78 is 5.30. The molecule has 0 atom stereocenters. The van der Waals surface area contributed by atoms with Crippen LogP contribution in [0.3, 0.4) is 0 Å². The summed E-state index contributed by atoms with van der Waals surface area (Å²) in [7, 11) is 0. The summed E-state index contributed by atoms with van der Waals surface area (Å²) in [5.41, 5.74) is 0. The molecule has 1 aromatic rings. The second-order valence-electron chi connectivity index (χ2n) is 1.79. The zero-order chi connectivity index (χ0) is 7.23. The maximum Gasteiger partial charge on any atom is 0.133 e. The monoisotopic (exact) mass is 153 g/mol. The van der Waals surface area contributed by atoms with Gasteiger partial charge in [0.15, 0.2) is 0 Å². The number of hydrogen-bond acceptors (Lipinski definition) is 2. The van der Waals surface area contributed by atoms with Crippen molar-refractivity contribution in [1.29, 1.82) is 0 Å². The lowest BCUT2D eigenvalue weighted by Gasteiger charge is -2.01. The number of hydrogen-bond donors (Lipinski definition) is 0. The fourth-order valence-electron chi connectivity index (χ4n) is 0.595. The first kappa shape index (κ1) is 7.48. The quantitative estimate of drug-likeness (QED) is 0.615. The summed E-state index contributed by atoms with van der Waals surface area (Å²) in [4.78, 5) is 0. The average molecular weight is 153 g/mol. The van der Waals surface area contributed by atoms with Gasteiger partial charge in [-0.3, -0.25) is 0 Å². The molecular formula is C8H9OS. The van der Waals surface area contributed by atoms with Gasteiger partial charge >= 0.3 is 0 Å². The topological polar surface area (TPSA) is 9.23 Å². The van der Waals surface area contributed by atoms with E-state index in [4.69, 9.17) is 4.74 Å². The van der Waals surface area contributed by atoms with Gasteiger partial charge in [0.2, 0.25) is 0 Å². The Bertz CT molecular complexity index is 174. The van der Waals surface area contributed by atoms with Gasteiger partial charge in [0.25, 0.3) is 0 Å². The van der Waals surface area contributed by atoms with E-state index in [0.717, 1.165) is 5.75 Å². The Balaban J connectivity index is 2.43. The highest BCUT2D eigenvalue weighted by Gasteiger charge is 1.86. The minimum Gasteiger partial charge on any atom is -0.483 e. The van der Waals surface area contributed by atoms with E-state index in [-0.39, 0.29) is 0 Å². The minimum absolute atomic E-state index is 0.712. The molecule has 10 heavy (non-hydrogen) atoms. The third-order valence-corrected chi connectivity index (χ3v) is 1.38. The van der Waals surface area contributed by atoms with Crippen LogP contribution in [0.25, 0.3) is 0 Å². The lowest BCUT2D eigenvalue weighted by atomic mass is 10.3. The maximum atomic E-state index is 5.30. The van der Waals surface area contributed by atoms with Crippen molar-refractivity contribution in [3.63, 3.8) is 0 Å². The normalized spacial score (nSPS) is 9.30. The highest BCUT2D eigenvalue weighted by molar-refractivity contribution is 7.98. The maximum absolute atomic E-state index is 5.30. The van der Waals surface area contributed by atoms with Gasteiger partial charge in [-0.2, -0.15) is 0 Å². The smallest absolute Gasteiger partial charge is 0.133 e. The molecule has 0 aliphatic heterocycles. The Labute approximate surface area is 65.4 Å².